The van der Waals surface area contributed by atoms with Crippen molar-refractivity contribution in [3.8, 4) is 0 Å². The van der Waals surface area contributed by atoms with Crippen molar-refractivity contribution in [3.63, 3.8) is 0 Å². The van der Waals surface area contributed by atoms with Crippen molar-refractivity contribution in [3.05, 3.63) is 59.5 Å². The quantitative estimate of drug-likeness (QED) is 0.873. The van der Waals surface area contributed by atoms with E-state index in [-0.39, 0.29) is 17.6 Å². The highest BCUT2D eigenvalue weighted by Crippen LogP contribution is 2.14. The predicted octanol–water partition coefficient (Wildman–Crippen LogP) is 1.86. The van der Waals surface area contributed by atoms with Crippen molar-refractivity contribution in [2.24, 2.45) is 0 Å². The summed E-state index contributed by atoms with van der Waals surface area (Å²) >= 11 is 0. The van der Waals surface area contributed by atoms with Crippen LogP contribution in [0.25, 0.3) is 0 Å². The normalized spacial score (nSPS) is 14.1. The van der Waals surface area contributed by atoms with Crippen molar-refractivity contribution >= 4 is 17.6 Å². The van der Waals surface area contributed by atoms with Gasteiger partial charge in [0, 0.05) is 45.8 Å². The highest BCUT2D eigenvalue weighted by atomic mass is 19.1. The van der Waals surface area contributed by atoms with E-state index < -0.39 is 0 Å². The van der Waals surface area contributed by atoms with Crippen LogP contribution in [0.1, 0.15) is 22.8 Å². The van der Waals surface area contributed by atoms with Crippen LogP contribution in [0.3, 0.4) is 0 Å². The van der Waals surface area contributed by atoms with Gasteiger partial charge in [-0.1, -0.05) is 12.1 Å². The van der Waals surface area contributed by atoms with Gasteiger partial charge < -0.3 is 15.1 Å². The lowest BCUT2D eigenvalue weighted by atomic mass is 10.1. The minimum absolute atomic E-state index is 0.0928. The number of benzene rings is 1. The Morgan fingerprint density at radius 2 is 1.78 bits per heavy atom. The number of carbonyl (C=O) groups excluding carboxylic acids is 2. The summed E-state index contributed by atoms with van der Waals surface area (Å²) in [7, 11) is 0. The van der Waals surface area contributed by atoms with E-state index in [2.05, 4.69) is 15.2 Å². The van der Waals surface area contributed by atoms with Gasteiger partial charge in [0.05, 0.1) is 5.56 Å². The molecular formula is C20H23FN4O2. The van der Waals surface area contributed by atoms with Crippen LogP contribution in [0.4, 0.5) is 10.2 Å². The number of nitrogens with zero attached hydrogens (tertiary/aromatic N) is 3. The Bertz CT molecular complexity index is 785. The van der Waals surface area contributed by atoms with Crippen LogP contribution in [0, 0.1) is 5.82 Å². The topological polar surface area (TPSA) is 65.5 Å². The monoisotopic (exact) mass is 370 g/mol. The Kier molecular flexibility index (Phi) is 6.01. The summed E-state index contributed by atoms with van der Waals surface area (Å²) in [5.74, 6) is 0.450. The van der Waals surface area contributed by atoms with Gasteiger partial charge in [-0.25, -0.2) is 9.37 Å². The van der Waals surface area contributed by atoms with Crippen LogP contribution >= 0.6 is 0 Å². The number of rotatable bonds is 5. The second-order valence-electron chi connectivity index (χ2n) is 6.53. The predicted molar refractivity (Wildman–Crippen MR) is 101 cm³/mol. The maximum atomic E-state index is 12.9. The summed E-state index contributed by atoms with van der Waals surface area (Å²) in [6.07, 6.45) is 2.21. The number of halogens is 1. The molecule has 1 aromatic heterocycles. The van der Waals surface area contributed by atoms with E-state index in [9.17, 15) is 14.0 Å². The summed E-state index contributed by atoms with van der Waals surface area (Å²) in [5.41, 5.74) is 1.47. The molecule has 27 heavy (non-hydrogen) atoms. The second-order valence-corrected chi connectivity index (χ2v) is 6.53. The maximum absolute atomic E-state index is 12.9. The van der Waals surface area contributed by atoms with E-state index in [1.165, 1.54) is 12.1 Å². The lowest BCUT2D eigenvalue weighted by Crippen LogP contribution is -2.48. The van der Waals surface area contributed by atoms with E-state index in [0.717, 1.165) is 24.5 Å². The van der Waals surface area contributed by atoms with Crippen molar-refractivity contribution in [1.82, 2.24) is 15.2 Å². The molecule has 1 aliphatic heterocycles. The first-order chi connectivity index (χ1) is 13.0. The van der Waals surface area contributed by atoms with Crippen LogP contribution in [0.2, 0.25) is 0 Å². The molecule has 142 valence electrons. The van der Waals surface area contributed by atoms with E-state index in [0.29, 0.717) is 31.6 Å². The van der Waals surface area contributed by atoms with Crippen LogP contribution in [0.5, 0.6) is 0 Å². The Morgan fingerprint density at radius 1 is 1.07 bits per heavy atom. The van der Waals surface area contributed by atoms with Gasteiger partial charge in [-0.2, -0.15) is 0 Å². The third-order valence-electron chi connectivity index (χ3n) is 4.67. The molecule has 0 unspecified atom stereocenters. The standard InChI is InChI=1S/C20H23FN4O2/c1-15(26)24-10-12-25(13-11-24)19-7-4-17(14-23-19)20(27)22-9-8-16-2-5-18(21)6-3-16/h2-7,14H,8-13H2,1H3,(H,22,27). The fourth-order valence-electron chi connectivity index (χ4n) is 3.03. The molecule has 2 heterocycles. The molecule has 7 heteroatoms. The molecule has 0 aliphatic carbocycles. The molecule has 0 saturated carbocycles. The molecule has 0 radical (unpaired) electrons. The second kappa shape index (κ2) is 8.62. The van der Waals surface area contributed by atoms with Gasteiger partial charge in [0.2, 0.25) is 5.91 Å². The summed E-state index contributed by atoms with van der Waals surface area (Å²) in [6, 6.07) is 9.84. The molecule has 1 saturated heterocycles. The highest BCUT2D eigenvalue weighted by Gasteiger charge is 2.19. The van der Waals surface area contributed by atoms with E-state index >= 15 is 0 Å². The number of hydrogen-bond acceptors (Lipinski definition) is 4. The van der Waals surface area contributed by atoms with Crippen molar-refractivity contribution in [2.45, 2.75) is 13.3 Å². The van der Waals surface area contributed by atoms with Gasteiger partial charge in [0.15, 0.2) is 0 Å². The molecule has 0 atom stereocenters. The number of pyridine rings is 1. The lowest BCUT2D eigenvalue weighted by molar-refractivity contribution is -0.129. The first-order valence-electron chi connectivity index (χ1n) is 9.02. The molecule has 1 aromatic carbocycles. The van der Waals surface area contributed by atoms with Crippen LogP contribution in [-0.4, -0.2) is 54.4 Å². The Balaban J connectivity index is 1.48. The minimum atomic E-state index is -0.267. The van der Waals surface area contributed by atoms with Gasteiger partial charge >= 0.3 is 0 Å². The number of carbonyl (C=O) groups is 2. The van der Waals surface area contributed by atoms with Crippen LogP contribution in [-0.2, 0) is 11.2 Å². The molecular weight excluding hydrogens is 347 g/mol. The summed E-state index contributed by atoms with van der Waals surface area (Å²) in [4.78, 5) is 31.9. The zero-order chi connectivity index (χ0) is 19.2. The van der Waals surface area contributed by atoms with E-state index in [4.69, 9.17) is 0 Å². The van der Waals surface area contributed by atoms with Crippen LogP contribution < -0.4 is 10.2 Å². The molecule has 2 amide bonds. The fourth-order valence-corrected chi connectivity index (χ4v) is 3.03. The van der Waals surface area contributed by atoms with Gasteiger partial charge in [-0.15, -0.1) is 0 Å². The van der Waals surface area contributed by atoms with Crippen molar-refractivity contribution in [1.29, 1.82) is 0 Å². The third-order valence-corrected chi connectivity index (χ3v) is 4.67. The smallest absolute Gasteiger partial charge is 0.252 e. The van der Waals surface area contributed by atoms with Gasteiger partial charge in [-0.05, 0) is 36.2 Å². The minimum Gasteiger partial charge on any atom is -0.353 e. The lowest BCUT2D eigenvalue weighted by Gasteiger charge is -2.34. The molecule has 1 N–H and O–H groups in total. The molecule has 0 bridgehead atoms. The van der Waals surface area contributed by atoms with Crippen molar-refractivity contribution < 1.29 is 14.0 Å². The molecule has 2 aromatic rings. The number of anilines is 1. The number of hydrogen-bond donors (Lipinski definition) is 1. The third kappa shape index (κ3) is 5.03. The summed E-state index contributed by atoms with van der Waals surface area (Å²) in [5, 5.41) is 2.85. The SMILES string of the molecule is CC(=O)N1CCN(c2ccc(C(=O)NCCc3ccc(F)cc3)cn2)CC1. The molecule has 3 rings (SSSR count). The van der Waals surface area contributed by atoms with Gasteiger partial charge in [-0.3, -0.25) is 9.59 Å². The maximum Gasteiger partial charge on any atom is 0.252 e. The average Bonchev–Trinajstić information content (AvgIpc) is 2.69. The van der Waals surface area contributed by atoms with Crippen molar-refractivity contribution in [2.75, 3.05) is 37.6 Å². The first-order valence-corrected chi connectivity index (χ1v) is 9.02. The molecule has 1 aliphatic rings. The van der Waals surface area contributed by atoms with E-state index in [1.54, 1.807) is 31.3 Å². The summed E-state index contributed by atoms with van der Waals surface area (Å²) in [6.45, 7) is 4.88. The highest BCUT2D eigenvalue weighted by molar-refractivity contribution is 5.94. The zero-order valence-electron chi connectivity index (χ0n) is 15.3. The van der Waals surface area contributed by atoms with E-state index in [1.807, 2.05) is 11.0 Å². The van der Waals surface area contributed by atoms with Crippen LogP contribution in [0.15, 0.2) is 42.6 Å². The number of aromatic nitrogens is 1. The fraction of sp³-hybridized carbons (Fsp3) is 0.350. The zero-order valence-corrected chi connectivity index (χ0v) is 15.3. The summed E-state index contributed by atoms with van der Waals surface area (Å²) < 4.78 is 12.9. The van der Waals surface area contributed by atoms with Gasteiger partial charge in [0.1, 0.15) is 11.6 Å². The Morgan fingerprint density at radius 3 is 2.37 bits per heavy atom. The number of nitrogens with one attached hydrogen (secondary N) is 1. The Labute approximate surface area is 158 Å². The number of amides is 2. The largest absolute Gasteiger partial charge is 0.353 e. The molecule has 6 nitrogen and oxygen atoms in total. The number of piperazine rings is 1. The van der Waals surface area contributed by atoms with Gasteiger partial charge in [0.25, 0.3) is 5.91 Å². The molecule has 1 fully saturated rings. The Hall–Kier alpha value is -2.96. The molecule has 0 spiro atoms. The first kappa shape index (κ1) is 18.8. The average molecular weight is 370 g/mol.